The van der Waals surface area contributed by atoms with E-state index in [0.717, 1.165) is 6.07 Å². The highest BCUT2D eigenvalue weighted by Crippen LogP contribution is 2.36. The molecule has 2 N–H and O–H groups in total. The Balaban J connectivity index is 1.85. The Kier molecular flexibility index (Phi) is 5.02. The lowest BCUT2D eigenvalue weighted by atomic mass is 10.0. The van der Waals surface area contributed by atoms with Crippen LogP contribution < -0.4 is 5.49 Å². The van der Waals surface area contributed by atoms with E-state index in [1.54, 1.807) is 12.1 Å². The Morgan fingerprint density at radius 1 is 1.06 bits per heavy atom. The lowest BCUT2D eigenvalue weighted by Crippen LogP contribution is -2.40. The fourth-order valence-electron chi connectivity index (χ4n) is 3.18. The van der Waals surface area contributed by atoms with Crippen LogP contribution in [0.15, 0.2) is 60.8 Å². The molecule has 0 radical (unpaired) electrons. The summed E-state index contributed by atoms with van der Waals surface area (Å²) >= 11 is 0. The van der Waals surface area contributed by atoms with Gasteiger partial charge in [-0.1, -0.05) is 12.1 Å². The molecule has 0 aliphatic rings. The molecule has 0 bridgehead atoms. The number of hydrogen-bond donors (Lipinski definition) is 2. The molecular formula is C22H12F4N6. The van der Waals surface area contributed by atoms with E-state index in [4.69, 9.17) is 16.1 Å². The van der Waals surface area contributed by atoms with Crippen LogP contribution in [0.5, 0.6) is 0 Å². The highest BCUT2D eigenvalue weighted by molar-refractivity contribution is 5.91. The van der Waals surface area contributed by atoms with Crippen molar-refractivity contribution in [3.05, 3.63) is 89.0 Å². The van der Waals surface area contributed by atoms with Gasteiger partial charge in [0.05, 0.1) is 22.8 Å². The molecule has 0 amide bonds. The summed E-state index contributed by atoms with van der Waals surface area (Å²) in [5, 5.41) is 28.5. The lowest BCUT2D eigenvalue weighted by molar-refractivity contribution is 0.0613. The summed E-state index contributed by atoms with van der Waals surface area (Å²) in [6.45, 7) is 0. The van der Waals surface area contributed by atoms with Crippen molar-refractivity contribution in [2.24, 2.45) is 0 Å². The topological polar surface area (TPSA) is 102 Å². The Hall–Kier alpha value is -4.39. The first-order chi connectivity index (χ1) is 15.2. The van der Waals surface area contributed by atoms with Crippen LogP contribution in [0.25, 0.3) is 22.2 Å². The van der Waals surface area contributed by atoms with Gasteiger partial charge in [-0.2, -0.15) is 23.8 Å². The largest absolute Gasteiger partial charge is 0.336 e. The molecule has 0 aliphatic heterocycles. The number of alkyl halides is 2. The van der Waals surface area contributed by atoms with Gasteiger partial charge < -0.3 is 0 Å². The third kappa shape index (κ3) is 3.39. The molecule has 158 valence electrons. The van der Waals surface area contributed by atoms with E-state index in [2.05, 4.69) is 10.1 Å². The van der Waals surface area contributed by atoms with Crippen LogP contribution >= 0.6 is 0 Å². The maximum Gasteiger partial charge on any atom is 0.336 e. The number of hydrogen-bond acceptors (Lipinski definition) is 5. The van der Waals surface area contributed by atoms with Gasteiger partial charge in [-0.05, 0) is 36.4 Å². The first kappa shape index (κ1) is 20.9. The molecule has 0 aliphatic carbocycles. The number of fused-ring (bicyclic) bond motifs is 1. The van der Waals surface area contributed by atoms with Crippen molar-refractivity contribution in [1.82, 2.24) is 14.8 Å². The van der Waals surface area contributed by atoms with Gasteiger partial charge in [0.1, 0.15) is 22.7 Å². The zero-order valence-corrected chi connectivity index (χ0v) is 16.1. The second kappa shape index (κ2) is 7.70. The van der Waals surface area contributed by atoms with E-state index in [0.29, 0.717) is 21.9 Å². The average Bonchev–Trinajstić information content (AvgIpc) is 2.78. The van der Waals surface area contributed by atoms with E-state index < -0.39 is 34.4 Å². The normalized spacial score (nSPS) is 11.3. The van der Waals surface area contributed by atoms with Crippen molar-refractivity contribution in [3.8, 4) is 17.3 Å². The van der Waals surface area contributed by atoms with Gasteiger partial charge in [0, 0.05) is 23.2 Å². The van der Waals surface area contributed by atoms with Gasteiger partial charge >= 0.3 is 5.92 Å². The van der Waals surface area contributed by atoms with Gasteiger partial charge in [-0.25, -0.2) is 8.78 Å². The lowest BCUT2D eigenvalue weighted by Gasteiger charge is -2.21. The van der Waals surface area contributed by atoms with Crippen molar-refractivity contribution in [3.63, 3.8) is 0 Å². The summed E-state index contributed by atoms with van der Waals surface area (Å²) in [4.78, 5) is 3.75. The third-order valence-corrected chi connectivity index (χ3v) is 4.74. The Labute approximate surface area is 178 Å². The molecule has 4 rings (SSSR count). The molecule has 0 fully saturated rings. The number of nitriles is 1. The standard InChI is InChI=1S/C22H12F4N6/c23-15-10-17-14(5-2-8-30-17)20(24)19(15)22(25,26)21(29)32-18(28)7-6-16(31-32)13-4-1-3-12(9-13)11-27/h1-10,28-29H. The molecular weight excluding hydrogens is 424 g/mol. The molecule has 2 heterocycles. The van der Waals surface area contributed by atoms with Crippen LogP contribution in [0.3, 0.4) is 0 Å². The first-order valence-electron chi connectivity index (χ1n) is 9.10. The van der Waals surface area contributed by atoms with E-state index in [9.17, 15) is 8.78 Å². The summed E-state index contributed by atoms with van der Waals surface area (Å²) in [6.07, 6.45) is 1.26. The minimum absolute atomic E-state index is 0.0855. The fourth-order valence-corrected chi connectivity index (χ4v) is 3.18. The molecule has 0 unspecified atom stereocenters. The minimum atomic E-state index is -4.46. The third-order valence-electron chi connectivity index (χ3n) is 4.74. The Bertz CT molecular complexity index is 1490. The van der Waals surface area contributed by atoms with Gasteiger partial charge in [0.15, 0.2) is 5.84 Å². The van der Waals surface area contributed by atoms with Gasteiger partial charge in [0.25, 0.3) is 0 Å². The van der Waals surface area contributed by atoms with Gasteiger partial charge in [0.2, 0.25) is 0 Å². The van der Waals surface area contributed by atoms with Crippen molar-refractivity contribution in [1.29, 1.82) is 16.1 Å². The van der Waals surface area contributed by atoms with Crippen molar-refractivity contribution >= 4 is 16.7 Å². The first-order valence-corrected chi connectivity index (χ1v) is 9.10. The molecule has 0 atom stereocenters. The molecule has 6 nitrogen and oxygen atoms in total. The number of pyridine rings is 1. The summed E-state index contributed by atoms with van der Waals surface area (Å²) in [7, 11) is 0. The summed E-state index contributed by atoms with van der Waals surface area (Å²) in [6, 6.07) is 13.7. The second-order valence-electron chi connectivity index (χ2n) is 6.75. The quantitative estimate of drug-likeness (QED) is 0.284. The van der Waals surface area contributed by atoms with E-state index in [1.165, 1.54) is 36.5 Å². The fraction of sp³-hybridized carbons (Fsp3) is 0.0455. The van der Waals surface area contributed by atoms with Crippen LogP contribution in [0.1, 0.15) is 11.1 Å². The molecule has 0 spiro atoms. The predicted molar refractivity (Wildman–Crippen MR) is 107 cm³/mol. The number of benzene rings is 2. The number of nitrogens with zero attached hydrogens (tertiary/aromatic N) is 4. The van der Waals surface area contributed by atoms with Crippen molar-refractivity contribution in [2.45, 2.75) is 5.92 Å². The second-order valence-corrected chi connectivity index (χ2v) is 6.75. The van der Waals surface area contributed by atoms with Crippen LogP contribution in [0, 0.1) is 33.8 Å². The van der Waals surface area contributed by atoms with Crippen LogP contribution in [-0.4, -0.2) is 20.6 Å². The number of nitrogens with one attached hydrogen (secondary N) is 2. The van der Waals surface area contributed by atoms with E-state index in [-0.39, 0.29) is 16.6 Å². The highest BCUT2D eigenvalue weighted by Gasteiger charge is 2.45. The Morgan fingerprint density at radius 3 is 2.59 bits per heavy atom. The minimum Gasteiger partial charge on any atom is -0.283 e. The van der Waals surface area contributed by atoms with E-state index in [1.807, 2.05) is 6.07 Å². The Morgan fingerprint density at radius 2 is 1.84 bits per heavy atom. The number of aromatic nitrogens is 3. The maximum atomic E-state index is 15.2. The van der Waals surface area contributed by atoms with Crippen molar-refractivity contribution in [2.75, 3.05) is 0 Å². The molecule has 4 aromatic rings. The summed E-state index contributed by atoms with van der Waals surface area (Å²) in [5.74, 6) is -9.19. The molecule has 0 saturated heterocycles. The van der Waals surface area contributed by atoms with Gasteiger partial charge in [-0.15, -0.1) is 0 Å². The monoisotopic (exact) mass is 436 g/mol. The number of rotatable bonds is 3. The zero-order valence-electron chi connectivity index (χ0n) is 16.1. The zero-order chi connectivity index (χ0) is 23.0. The maximum absolute atomic E-state index is 15.2. The molecule has 10 heteroatoms. The van der Waals surface area contributed by atoms with E-state index >= 15 is 8.78 Å². The molecule has 2 aromatic heterocycles. The van der Waals surface area contributed by atoms with Crippen LogP contribution in [0.2, 0.25) is 0 Å². The molecule has 32 heavy (non-hydrogen) atoms. The molecule has 0 saturated carbocycles. The number of halogens is 4. The van der Waals surface area contributed by atoms with Gasteiger partial charge in [-0.3, -0.25) is 15.8 Å². The summed E-state index contributed by atoms with van der Waals surface area (Å²) in [5.41, 5.74) is -1.63. The molecule has 2 aromatic carbocycles. The predicted octanol–water partition coefficient (Wildman–Crippen LogP) is 4.35. The summed E-state index contributed by atoms with van der Waals surface area (Å²) < 4.78 is 60.1. The van der Waals surface area contributed by atoms with Crippen molar-refractivity contribution < 1.29 is 17.6 Å². The van der Waals surface area contributed by atoms with Crippen LogP contribution in [0.4, 0.5) is 17.6 Å². The SMILES string of the molecule is N#Cc1cccc(-c2ccc(=N)n(C(=N)C(F)(F)c3c(F)cc4ncccc4c3F)n2)c1. The smallest absolute Gasteiger partial charge is 0.283 e. The van der Waals surface area contributed by atoms with Crippen LogP contribution in [-0.2, 0) is 5.92 Å². The average molecular weight is 436 g/mol. The highest BCUT2D eigenvalue weighted by atomic mass is 19.3.